The van der Waals surface area contributed by atoms with Gasteiger partial charge in [0.2, 0.25) is 0 Å². The average molecular weight is 276 g/mol. The molecule has 3 saturated carbocycles. The van der Waals surface area contributed by atoms with Crippen LogP contribution in [-0.4, -0.2) is 36.1 Å². The summed E-state index contributed by atoms with van der Waals surface area (Å²) >= 11 is 0. The van der Waals surface area contributed by atoms with Crippen LogP contribution in [0, 0.1) is 35.5 Å². The molecule has 0 spiro atoms. The zero-order valence-corrected chi connectivity index (χ0v) is 13.7. The van der Waals surface area contributed by atoms with E-state index in [4.69, 9.17) is 0 Å². The summed E-state index contributed by atoms with van der Waals surface area (Å²) in [5.74, 6) is 5.96. The molecule has 6 atom stereocenters. The van der Waals surface area contributed by atoms with Crippen molar-refractivity contribution in [2.75, 3.05) is 13.1 Å². The minimum Gasteiger partial charge on any atom is -0.311 e. The van der Waals surface area contributed by atoms with Crippen LogP contribution in [0.5, 0.6) is 0 Å². The first-order valence-electron chi connectivity index (χ1n) is 9.07. The summed E-state index contributed by atoms with van der Waals surface area (Å²) in [5.41, 5.74) is 0. The molecule has 1 aliphatic heterocycles. The van der Waals surface area contributed by atoms with Crippen molar-refractivity contribution in [3.8, 4) is 0 Å². The van der Waals surface area contributed by atoms with Crippen molar-refractivity contribution < 1.29 is 0 Å². The SMILES string of the molecule is CC(C)C1CN(C2C3C4CCC(C4)C32)C(C(C)C)CN1. The van der Waals surface area contributed by atoms with Gasteiger partial charge in [-0.1, -0.05) is 27.7 Å². The Kier molecular flexibility index (Phi) is 3.20. The summed E-state index contributed by atoms with van der Waals surface area (Å²) in [6.45, 7) is 12.1. The van der Waals surface area contributed by atoms with Crippen LogP contribution >= 0.6 is 0 Å². The second-order valence-corrected chi connectivity index (χ2v) is 8.75. The highest BCUT2D eigenvalue weighted by molar-refractivity contribution is 5.19. The van der Waals surface area contributed by atoms with E-state index in [0.717, 1.165) is 47.6 Å². The Morgan fingerprint density at radius 1 is 0.950 bits per heavy atom. The summed E-state index contributed by atoms with van der Waals surface area (Å²) in [6, 6.07) is 2.46. The minimum atomic E-state index is 0.712. The van der Waals surface area contributed by atoms with Crippen LogP contribution in [0.25, 0.3) is 0 Å². The second kappa shape index (κ2) is 4.71. The van der Waals surface area contributed by atoms with Gasteiger partial charge in [-0.15, -0.1) is 0 Å². The molecule has 4 rings (SSSR count). The maximum Gasteiger partial charge on any atom is 0.0247 e. The summed E-state index contributed by atoms with van der Waals surface area (Å²) < 4.78 is 0. The van der Waals surface area contributed by atoms with E-state index in [0.29, 0.717) is 6.04 Å². The van der Waals surface area contributed by atoms with Crippen LogP contribution in [0.4, 0.5) is 0 Å². The summed E-state index contributed by atoms with van der Waals surface area (Å²) in [5, 5.41) is 3.82. The molecule has 2 heteroatoms. The average Bonchev–Trinajstić information content (AvgIpc) is 2.85. The molecule has 4 fully saturated rings. The van der Waals surface area contributed by atoms with E-state index in [2.05, 4.69) is 37.9 Å². The predicted octanol–water partition coefficient (Wildman–Crippen LogP) is 2.99. The van der Waals surface area contributed by atoms with E-state index in [1.54, 1.807) is 19.3 Å². The number of fused-ring (bicyclic) bond motifs is 5. The van der Waals surface area contributed by atoms with Crippen LogP contribution < -0.4 is 5.32 Å². The number of rotatable bonds is 3. The lowest BCUT2D eigenvalue weighted by Crippen LogP contribution is -2.61. The fourth-order valence-electron chi connectivity index (χ4n) is 5.95. The molecule has 6 unspecified atom stereocenters. The smallest absolute Gasteiger partial charge is 0.0247 e. The third-order valence-electron chi connectivity index (χ3n) is 7.07. The van der Waals surface area contributed by atoms with Crippen molar-refractivity contribution >= 4 is 0 Å². The lowest BCUT2D eigenvalue weighted by molar-refractivity contribution is 0.0622. The maximum atomic E-state index is 3.82. The molecule has 0 aromatic rings. The first-order chi connectivity index (χ1) is 9.58. The fraction of sp³-hybridized carbons (Fsp3) is 1.00. The lowest BCUT2D eigenvalue weighted by Gasteiger charge is -2.45. The number of hydrogen-bond acceptors (Lipinski definition) is 2. The van der Waals surface area contributed by atoms with Gasteiger partial charge in [-0.05, 0) is 54.8 Å². The van der Waals surface area contributed by atoms with Gasteiger partial charge >= 0.3 is 0 Å². The zero-order valence-electron chi connectivity index (χ0n) is 13.7. The molecule has 2 bridgehead atoms. The van der Waals surface area contributed by atoms with Gasteiger partial charge in [0, 0.05) is 31.2 Å². The maximum absolute atomic E-state index is 3.82. The largest absolute Gasteiger partial charge is 0.311 e. The molecule has 1 saturated heterocycles. The molecule has 0 aromatic carbocycles. The van der Waals surface area contributed by atoms with Crippen molar-refractivity contribution in [2.45, 2.75) is 65.1 Å². The first-order valence-corrected chi connectivity index (χ1v) is 9.07. The number of piperazine rings is 1. The molecule has 4 aliphatic rings. The van der Waals surface area contributed by atoms with Crippen LogP contribution in [0.15, 0.2) is 0 Å². The molecule has 1 heterocycles. The monoisotopic (exact) mass is 276 g/mol. The Morgan fingerprint density at radius 3 is 2.15 bits per heavy atom. The minimum absolute atomic E-state index is 0.712. The van der Waals surface area contributed by atoms with E-state index < -0.39 is 0 Å². The standard InChI is InChI=1S/C18H32N2/c1-10(2)14-9-20(15(8-19-14)11(3)4)18-16-12-5-6-13(7-12)17(16)18/h10-19H,5-9H2,1-4H3. The van der Waals surface area contributed by atoms with E-state index in [1.807, 2.05) is 0 Å². The van der Waals surface area contributed by atoms with Gasteiger partial charge in [-0.3, -0.25) is 4.90 Å². The van der Waals surface area contributed by atoms with Crippen molar-refractivity contribution in [1.29, 1.82) is 0 Å². The van der Waals surface area contributed by atoms with Crippen LogP contribution in [0.1, 0.15) is 47.0 Å². The number of nitrogens with one attached hydrogen (secondary N) is 1. The fourth-order valence-corrected chi connectivity index (χ4v) is 5.95. The Labute approximate surface area is 124 Å². The van der Waals surface area contributed by atoms with Crippen LogP contribution in [0.2, 0.25) is 0 Å². The first kappa shape index (κ1) is 13.6. The summed E-state index contributed by atoms with van der Waals surface area (Å²) in [7, 11) is 0. The topological polar surface area (TPSA) is 15.3 Å². The van der Waals surface area contributed by atoms with Gasteiger partial charge in [0.25, 0.3) is 0 Å². The summed E-state index contributed by atoms with van der Waals surface area (Å²) in [6.07, 6.45) is 4.68. The molecule has 2 nitrogen and oxygen atoms in total. The van der Waals surface area contributed by atoms with Crippen LogP contribution in [-0.2, 0) is 0 Å². The normalized spacial score (nSPS) is 51.0. The Balaban J connectivity index is 1.51. The molecular weight excluding hydrogens is 244 g/mol. The third-order valence-corrected chi connectivity index (χ3v) is 7.07. The Morgan fingerprint density at radius 2 is 1.60 bits per heavy atom. The van der Waals surface area contributed by atoms with Crippen molar-refractivity contribution in [1.82, 2.24) is 10.2 Å². The quantitative estimate of drug-likeness (QED) is 0.852. The molecule has 1 N–H and O–H groups in total. The number of nitrogens with zero attached hydrogens (tertiary/aromatic N) is 1. The predicted molar refractivity (Wildman–Crippen MR) is 83.6 cm³/mol. The molecule has 114 valence electrons. The second-order valence-electron chi connectivity index (χ2n) is 8.75. The van der Waals surface area contributed by atoms with E-state index >= 15 is 0 Å². The van der Waals surface area contributed by atoms with Gasteiger partial charge in [0.1, 0.15) is 0 Å². The molecule has 0 amide bonds. The molecule has 3 aliphatic carbocycles. The highest BCUT2D eigenvalue weighted by Gasteiger charge is 2.67. The molecule has 20 heavy (non-hydrogen) atoms. The lowest BCUT2D eigenvalue weighted by atomic mass is 9.92. The molecular formula is C18H32N2. The molecule has 0 aromatic heterocycles. The van der Waals surface area contributed by atoms with E-state index in [1.165, 1.54) is 13.1 Å². The van der Waals surface area contributed by atoms with Crippen molar-refractivity contribution in [3.05, 3.63) is 0 Å². The van der Waals surface area contributed by atoms with Gasteiger partial charge in [0.15, 0.2) is 0 Å². The zero-order chi connectivity index (χ0) is 14.0. The molecule has 0 radical (unpaired) electrons. The van der Waals surface area contributed by atoms with Crippen molar-refractivity contribution in [2.24, 2.45) is 35.5 Å². The van der Waals surface area contributed by atoms with Gasteiger partial charge in [0.05, 0.1) is 0 Å². The Bertz CT molecular complexity index is 362. The summed E-state index contributed by atoms with van der Waals surface area (Å²) in [4.78, 5) is 2.96. The highest BCUT2D eigenvalue weighted by Crippen LogP contribution is 2.67. The van der Waals surface area contributed by atoms with Gasteiger partial charge in [-0.2, -0.15) is 0 Å². The van der Waals surface area contributed by atoms with Gasteiger partial charge in [-0.25, -0.2) is 0 Å². The Hall–Kier alpha value is -0.0800. The highest BCUT2D eigenvalue weighted by atomic mass is 15.3. The number of hydrogen-bond donors (Lipinski definition) is 1. The van der Waals surface area contributed by atoms with E-state index in [9.17, 15) is 0 Å². The van der Waals surface area contributed by atoms with Gasteiger partial charge < -0.3 is 5.32 Å². The third kappa shape index (κ3) is 1.90. The van der Waals surface area contributed by atoms with Crippen LogP contribution in [0.3, 0.4) is 0 Å². The van der Waals surface area contributed by atoms with E-state index in [-0.39, 0.29) is 0 Å². The van der Waals surface area contributed by atoms with Crippen molar-refractivity contribution in [3.63, 3.8) is 0 Å².